The van der Waals surface area contributed by atoms with Gasteiger partial charge in [-0.25, -0.2) is 0 Å². The van der Waals surface area contributed by atoms with E-state index in [1.54, 1.807) is 42.7 Å². The quantitative estimate of drug-likeness (QED) is 0.194. The molecule has 204 valence electrons. The second-order valence-electron chi connectivity index (χ2n) is 9.87. The summed E-state index contributed by atoms with van der Waals surface area (Å²) in [5.41, 5.74) is 4.54. The van der Waals surface area contributed by atoms with Crippen molar-refractivity contribution in [3.63, 3.8) is 0 Å². The highest BCUT2D eigenvalue weighted by atomic mass is 16.5. The van der Waals surface area contributed by atoms with Crippen molar-refractivity contribution in [2.45, 2.75) is 11.8 Å². The number of ether oxygens (including phenoxy) is 6. The molecule has 6 heteroatoms. The van der Waals surface area contributed by atoms with Crippen LogP contribution in [0.5, 0.6) is 34.5 Å². The van der Waals surface area contributed by atoms with Crippen LogP contribution in [0.25, 0.3) is 21.5 Å². The number of hydrogen-bond acceptors (Lipinski definition) is 6. The van der Waals surface area contributed by atoms with E-state index in [1.807, 2.05) is 30.3 Å². The molecule has 0 fully saturated rings. The van der Waals surface area contributed by atoms with Crippen molar-refractivity contribution in [1.29, 1.82) is 0 Å². The van der Waals surface area contributed by atoms with Crippen molar-refractivity contribution in [2.24, 2.45) is 0 Å². The van der Waals surface area contributed by atoms with E-state index in [0.717, 1.165) is 72.7 Å². The molecule has 0 bridgehead atoms. The van der Waals surface area contributed by atoms with Gasteiger partial charge in [-0.05, 0) is 81.4 Å². The van der Waals surface area contributed by atoms with Gasteiger partial charge in [0.2, 0.25) is 0 Å². The first kappa shape index (κ1) is 25.7. The van der Waals surface area contributed by atoms with Gasteiger partial charge in [-0.15, -0.1) is 0 Å². The number of rotatable bonds is 8. The molecule has 5 aromatic rings. The van der Waals surface area contributed by atoms with Gasteiger partial charge in [-0.1, -0.05) is 12.1 Å². The summed E-state index contributed by atoms with van der Waals surface area (Å²) in [7, 11) is 10.2. The lowest BCUT2D eigenvalue weighted by Gasteiger charge is -2.25. The Morgan fingerprint density at radius 2 is 1.07 bits per heavy atom. The summed E-state index contributed by atoms with van der Waals surface area (Å²) in [5, 5.41) is 4.37. The predicted molar refractivity (Wildman–Crippen MR) is 157 cm³/mol. The third kappa shape index (κ3) is 3.94. The minimum atomic E-state index is -0.0634. The van der Waals surface area contributed by atoms with E-state index in [0.29, 0.717) is 0 Å². The molecule has 0 aliphatic heterocycles. The summed E-state index contributed by atoms with van der Waals surface area (Å²) < 4.78 is 34.5. The Bertz CT molecular complexity index is 1700. The zero-order chi connectivity index (χ0) is 28.0. The maximum absolute atomic E-state index is 6.07. The Labute approximate surface area is 234 Å². The van der Waals surface area contributed by atoms with Crippen molar-refractivity contribution in [3.8, 4) is 34.5 Å². The van der Waals surface area contributed by atoms with E-state index in [9.17, 15) is 0 Å². The van der Waals surface area contributed by atoms with Crippen LogP contribution in [0.15, 0.2) is 72.8 Å². The largest absolute Gasteiger partial charge is 0.497 e. The normalized spacial score (nSPS) is 15.8. The summed E-state index contributed by atoms with van der Waals surface area (Å²) in [6.07, 6.45) is 0. The molecule has 0 aromatic heterocycles. The first-order valence-electron chi connectivity index (χ1n) is 13.1. The van der Waals surface area contributed by atoms with Gasteiger partial charge in [0.15, 0.2) is 0 Å². The Morgan fingerprint density at radius 3 is 1.68 bits per heavy atom. The first-order chi connectivity index (χ1) is 19.5. The minimum absolute atomic E-state index is 0.0558. The molecule has 0 amide bonds. The van der Waals surface area contributed by atoms with Gasteiger partial charge in [0, 0.05) is 34.9 Å². The van der Waals surface area contributed by atoms with Crippen LogP contribution in [0, 0.1) is 0 Å². The molecule has 1 aliphatic carbocycles. The van der Waals surface area contributed by atoms with Crippen LogP contribution in [-0.4, -0.2) is 42.7 Å². The SMILES string of the molecule is COc1ccc([C@@H]2c3c(OC)cc(OC)c4c3c(cc3cc(OC)ccc34)[C@H]2c2cc(OC)cc(OC)c2)cc1. The van der Waals surface area contributed by atoms with Crippen LogP contribution in [0.1, 0.15) is 34.1 Å². The summed E-state index contributed by atoms with van der Waals surface area (Å²) in [6, 6.07) is 24.9. The fourth-order valence-electron chi connectivity index (χ4n) is 6.25. The van der Waals surface area contributed by atoms with Crippen molar-refractivity contribution in [2.75, 3.05) is 42.7 Å². The average molecular weight is 537 g/mol. The van der Waals surface area contributed by atoms with Crippen LogP contribution in [0.2, 0.25) is 0 Å². The molecule has 0 heterocycles. The first-order valence-corrected chi connectivity index (χ1v) is 13.1. The second kappa shape index (κ2) is 10.2. The van der Waals surface area contributed by atoms with E-state index in [4.69, 9.17) is 28.4 Å². The monoisotopic (exact) mass is 536 g/mol. The summed E-state index contributed by atoms with van der Waals surface area (Å²) >= 11 is 0. The molecular formula is C34H32O6. The van der Waals surface area contributed by atoms with E-state index in [2.05, 4.69) is 42.5 Å². The molecule has 40 heavy (non-hydrogen) atoms. The van der Waals surface area contributed by atoms with Crippen LogP contribution in [0.4, 0.5) is 0 Å². The van der Waals surface area contributed by atoms with Crippen molar-refractivity contribution >= 4 is 21.5 Å². The smallest absolute Gasteiger partial charge is 0.131 e. The molecule has 1 aliphatic rings. The number of fused-ring (bicyclic) bond motifs is 2. The summed E-state index contributed by atoms with van der Waals surface area (Å²) in [6.45, 7) is 0. The summed E-state index contributed by atoms with van der Waals surface area (Å²) in [5.74, 6) is 4.52. The number of benzene rings is 5. The van der Waals surface area contributed by atoms with Crippen LogP contribution in [0.3, 0.4) is 0 Å². The van der Waals surface area contributed by atoms with E-state index < -0.39 is 0 Å². The molecule has 0 radical (unpaired) electrons. The molecular weight excluding hydrogens is 504 g/mol. The average Bonchev–Trinajstić information content (AvgIpc) is 3.35. The Hall–Kier alpha value is -4.58. The molecule has 5 aromatic carbocycles. The van der Waals surface area contributed by atoms with Gasteiger partial charge in [0.25, 0.3) is 0 Å². The van der Waals surface area contributed by atoms with Crippen LogP contribution in [-0.2, 0) is 0 Å². The molecule has 0 saturated heterocycles. The van der Waals surface area contributed by atoms with Gasteiger partial charge in [0.1, 0.15) is 34.5 Å². The van der Waals surface area contributed by atoms with E-state index >= 15 is 0 Å². The zero-order valence-corrected chi connectivity index (χ0v) is 23.5. The lowest BCUT2D eigenvalue weighted by atomic mass is 9.79. The molecule has 2 atom stereocenters. The highest BCUT2D eigenvalue weighted by molar-refractivity contribution is 6.15. The second-order valence-corrected chi connectivity index (χ2v) is 9.87. The van der Waals surface area contributed by atoms with Gasteiger partial charge in [-0.3, -0.25) is 0 Å². The van der Waals surface area contributed by atoms with E-state index in [1.165, 1.54) is 5.56 Å². The standard InChI is InChI=1S/C34H32O6/c1-35-22-9-7-19(8-10-22)31-30(21-14-24(37-3)17-25(15-21)38-4)27-16-20-13-23(36-2)11-12-26(20)32-28(39-5)18-29(40-6)34(31)33(27)32/h7-18,30-31H,1-6H3/t30-,31+/m1/s1. The highest BCUT2D eigenvalue weighted by Gasteiger charge is 2.41. The van der Waals surface area contributed by atoms with Crippen molar-refractivity contribution in [1.82, 2.24) is 0 Å². The van der Waals surface area contributed by atoms with Crippen molar-refractivity contribution in [3.05, 3.63) is 95.1 Å². The Kier molecular flexibility index (Phi) is 6.54. The molecule has 0 spiro atoms. The maximum atomic E-state index is 6.07. The molecule has 0 unspecified atom stereocenters. The topological polar surface area (TPSA) is 55.4 Å². The highest BCUT2D eigenvalue weighted by Crippen LogP contribution is 2.59. The van der Waals surface area contributed by atoms with Crippen LogP contribution >= 0.6 is 0 Å². The van der Waals surface area contributed by atoms with Gasteiger partial charge < -0.3 is 28.4 Å². The van der Waals surface area contributed by atoms with E-state index in [-0.39, 0.29) is 11.8 Å². The minimum Gasteiger partial charge on any atom is -0.497 e. The number of hydrogen-bond donors (Lipinski definition) is 0. The lowest BCUT2D eigenvalue weighted by Crippen LogP contribution is -2.10. The Balaban J connectivity index is 1.76. The van der Waals surface area contributed by atoms with Gasteiger partial charge in [-0.2, -0.15) is 0 Å². The number of methoxy groups -OCH3 is 6. The molecule has 6 rings (SSSR count). The molecule has 0 saturated carbocycles. The van der Waals surface area contributed by atoms with Gasteiger partial charge in [0.05, 0.1) is 42.7 Å². The fraction of sp³-hybridized carbons (Fsp3) is 0.235. The Morgan fingerprint density at radius 1 is 0.450 bits per heavy atom. The lowest BCUT2D eigenvalue weighted by molar-refractivity contribution is 0.391. The van der Waals surface area contributed by atoms with Gasteiger partial charge >= 0.3 is 0 Å². The maximum Gasteiger partial charge on any atom is 0.131 e. The molecule has 0 N–H and O–H groups in total. The third-order valence-electron chi connectivity index (χ3n) is 8.05. The third-order valence-corrected chi connectivity index (χ3v) is 8.05. The van der Waals surface area contributed by atoms with Crippen molar-refractivity contribution < 1.29 is 28.4 Å². The fourth-order valence-corrected chi connectivity index (χ4v) is 6.25. The predicted octanol–water partition coefficient (Wildman–Crippen LogP) is 7.32. The zero-order valence-electron chi connectivity index (χ0n) is 23.5. The van der Waals surface area contributed by atoms with Crippen LogP contribution < -0.4 is 28.4 Å². The molecule has 6 nitrogen and oxygen atoms in total. The summed E-state index contributed by atoms with van der Waals surface area (Å²) in [4.78, 5) is 0.